The smallest absolute Gasteiger partial charge is 0.0413 e. The molecule has 0 bridgehead atoms. The summed E-state index contributed by atoms with van der Waals surface area (Å²) in [6.07, 6.45) is 0. The number of hydrogen-bond acceptors (Lipinski definition) is 3. The fourth-order valence-electron chi connectivity index (χ4n) is 2.39. The molecule has 0 aromatic carbocycles. The minimum absolute atomic E-state index is 0.494. The maximum Gasteiger partial charge on any atom is 0.0413 e. The molecule has 0 saturated carbocycles. The van der Waals surface area contributed by atoms with Crippen LogP contribution in [-0.2, 0) is 0 Å². The summed E-state index contributed by atoms with van der Waals surface area (Å²) in [6, 6.07) is 5.46. The second kappa shape index (κ2) is 8.03. The molecule has 1 N–H and O–H groups in total. The van der Waals surface area contributed by atoms with Crippen molar-refractivity contribution in [2.24, 2.45) is 11.8 Å². The minimum Gasteiger partial charge on any atom is -0.315 e. The van der Waals surface area contributed by atoms with Gasteiger partial charge in [-0.3, -0.25) is 4.90 Å². The molecule has 0 radical (unpaired) electrons. The lowest BCUT2D eigenvalue weighted by atomic mass is 10.0. The van der Waals surface area contributed by atoms with E-state index in [0.717, 1.165) is 13.1 Å². The van der Waals surface area contributed by atoms with E-state index in [1.807, 2.05) is 11.3 Å². The summed E-state index contributed by atoms with van der Waals surface area (Å²) in [5.74, 6) is 1.37. The van der Waals surface area contributed by atoms with Crippen LogP contribution in [0.25, 0.3) is 0 Å². The number of nitrogens with one attached hydrogen (secondary N) is 1. The van der Waals surface area contributed by atoms with Crippen LogP contribution in [-0.4, -0.2) is 31.1 Å². The molecular weight excluding hydrogens is 252 g/mol. The van der Waals surface area contributed by atoms with Gasteiger partial charge < -0.3 is 5.32 Å². The lowest BCUT2D eigenvalue weighted by Crippen LogP contribution is -2.45. The van der Waals surface area contributed by atoms with Gasteiger partial charge in [-0.1, -0.05) is 33.8 Å². The summed E-state index contributed by atoms with van der Waals surface area (Å²) in [7, 11) is 2.26. The second-order valence-corrected chi connectivity index (χ2v) is 7.20. The van der Waals surface area contributed by atoms with Crippen molar-refractivity contribution in [2.45, 2.75) is 46.7 Å². The average molecular weight is 282 g/mol. The fourth-order valence-corrected chi connectivity index (χ4v) is 3.22. The number of nitrogens with zero attached hydrogens (tertiary/aromatic N) is 1. The largest absolute Gasteiger partial charge is 0.315 e. The van der Waals surface area contributed by atoms with Crippen molar-refractivity contribution in [3.05, 3.63) is 22.4 Å². The molecule has 1 aromatic rings. The van der Waals surface area contributed by atoms with Crippen LogP contribution in [0.15, 0.2) is 17.5 Å². The Morgan fingerprint density at radius 1 is 1.16 bits per heavy atom. The molecular formula is C16H30N2S. The zero-order valence-electron chi connectivity index (χ0n) is 13.3. The van der Waals surface area contributed by atoms with Gasteiger partial charge in [-0.05, 0) is 43.8 Å². The quantitative estimate of drug-likeness (QED) is 0.775. The monoisotopic (exact) mass is 282 g/mol. The van der Waals surface area contributed by atoms with Gasteiger partial charge in [0.1, 0.15) is 0 Å². The van der Waals surface area contributed by atoms with E-state index in [4.69, 9.17) is 0 Å². The molecule has 2 unspecified atom stereocenters. The molecule has 0 aliphatic rings. The summed E-state index contributed by atoms with van der Waals surface area (Å²) in [6.45, 7) is 13.6. The standard InChI is InChI=1S/C16H30N2S/c1-12(2)10-17-11-15(13(3)4)18(6)14(5)16-8-7-9-19-16/h7-9,12-15,17H,10-11H2,1-6H3. The SMILES string of the molecule is CC(C)CNCC(C(C)C)N(C)C(C)c1cccs1. The molecule has 0 aliphatic carbocycles. The third-order valence-corrected chi connectivity index (χ3v) is 4.81. The third kappa shape index (κ3) is 5.25. The Labute approximate surface area is 123 Å². The fraction of sp³-hybridized carbons (Fsp3) is 0.750. The molecule has 110 valence electrons. The van der Waals surface area contributed by atoms with E-state index < -0.39 is 0 Å². The molecule has 0 fully saturated rings. The molecule has 0 aliphatic heterocycles. The van der Waals surface area contributed by atoms with Crippen molar-refractivity contribution in [2.75, 3.05) is 20.1 Å². The highest BCUT2D eigenvalue weighted by Gasteiger charge is 2.23. The minimum atomic E-state index is 0.494. The summed E-state index contributed by atoms with van der Waals surface area (Å²) >= 11 is 1.86. The van der Waals surface area contributed by atoms with Gasteiger partial charge in [0.2, 0.25) is 0 Å². The second-order valence-electron chi connectivity index (χ2n) is 6.22. The molecule has 1 rings (SSSR count). The van der Waals surface area contributed by atoms with E-state index in [0.29, 0.717) is 23.9 Å². The van der Waals surface area contributed by atoms with E-state index in [1.165, 1.54) is 4.88 Å². The summed E-state index contributed by atoms with van der Waals surface area (Å²) in [5.41, 5.74) is 0. The number of hydrogen-bond donors (Lipinski definition) is 1. The molecule has 3 heteroatoms. The first-order valence-electron chi connectivity index (χ1n) is 7.39. The van der Waals surface area contributed by atoms with Crippen LogP contribution in [0.3, 0.4) is 0 Å². The van der Waals surface area contributed by atoms with E-state index in [9.17, 15) is 0 Å². The Bertz CT molecular complexity index is 333. The highest BCUT2D eigenvalue weighted by atomic mass is 32.1. The predicted molar refractivity (Wildman–Crippen MR) is 86.8 cm³/mol. The Morgan fingerprint density at radius 2 is 1.84 bits per heavy atom. The lowest BCUT2D eigenvalue weighted by Gasteiger charge is -2.35. The highest BCUT2D eigenvalue weighted by Crippen LogP contribution is 2.26. The summed E-state index contributed by atoms with van der Waals surface area (Å²) < 4.78 is 0. The lowest BCUT2D eigenvalue weighted by molar-refractivity contribution is 0.143. The average Bonchev–Trinajstić information content (AvgIpc) is 2.85. The van der Waals surface area contributed by atoms with Gasteiger partial charge in [-0.2, -0.15) is 0 Å². The maximum atomic E-state index is 3.61. The van der Waals surface area contributed by atoms with Gasteiger partial charge >= 0.3 is 0 Å². The van der Waals surface area contributed by atoms with Crippen LogP contribution in [0.4, 0.5) is 0 Å². The summed E-state index contributed by atoms with van der Waals surface area (Å²) in [4.78, 5) is 3.97. The van der Waals surface area contributed by atoms with E-state index in [1.54, 1.807) is 0 Å². The van der Waals surface area contributed by atoms with Gasteiger partial charge in [-0.15, -0.1) is 11.3 Å². The molecule has 2 atom stereocenters. The van der Waals surface area contributed by atoms with E-state index in [2.05, 4.69) is 69.4 Å². The van der Waals surface area contributed by atoms with Crippen LogP contribution in [0, 0.1) is 11.8 Å². The van der Waals surface area contributed by atoms with Gasteiger partial charge in [-0.25, -0.2) is 0 Å². The van der Waals surface area contributed by atoms with Crippen LogP contribution >= 0.6 is 11.3 Å². The normalized spacial score (nSPS) is 15.4. The van der Waals surface area contributed by atoms with Crippen molar-refractivity contribution in [3.63, 3.8) is 0 Å². The van der Waals surface area contributed by atoms with E-state index in [-0.39, 0.29) is 0 Å². The van der Waals surface area contributed by atoms with Crippen LogP contribution in [0.1, 0.15) is 45.5 Å². The maximum absolute atomic E-state index is 3.61. The van der Waals surface area contributed by atoms with Crippen molar-refractivity contribution in [3.8, 4) is 0 Å². The predicted octanol–water partition coefficient (Wildman–Crippen LogP) is 4.01. The van der Waals surface area contributed by atoms with Gasteiger partial charge in [0, 0.05) is 23.5 Å². The number of likely N-dealkylation sites (N-methyl/N-ethyl adjacent to an activating group) is 1. The molecule has 0 amide bonds. The molecule has 0 spiro atoms. The Hall–Kier alpha value is -0.380. The van der Waals surface area contributed by atoms with Crippen LogP contribution in [0.2, 0.25) is 0 Å². The Kier molecular flexibility index (Phi) is 7.05. The van der Waals surface area contributed by atoms with Gasteiger partial charge in [0.15, 0.2) is 0 Å². The van der Waals surface area contributed by atoms with Gasteiger partial charge in [0.05, 0.1) is 0 Å². The van der Waals surface area contributed by atoms with Gasteiger partial charge in [0.25, 0.3) is 0 Å². The topological polar surface area (TPSA) is 15.3 Å². The highest BCUT2D eigenvalue weighted by molar-refractivity contribution is 7.10. The third-order valence-electron chi connectivity index (χ3n) is 3.76. The molecule has 1 heterocycles. The zero-order chi connectivity index (χ0) is 14.4. The molecule has 0 saturated heterocycles. The first-order chi connectivity index (χ1) is 8.93. The van der Waals surface area contributed by atoms with Crippen molar-refractivity contribution < 1.29 is 0 Å². The number of thiophene rings is 1. The van der Waals surface area contributed by atoms with Crippen molar-refractivity contribution in [1.29, 1.82) is 0 Å². The zero-order valence-corrected chi connectivity index (χ0v) is 14.1. The first-order valence-corrected chi connectivity index (χ1v) is 8.27. The Morgan fingerprint density at radius 3 is 2.32 bits per heavy atom. The molecule has 1 aromatic heterocycles. The van der Waals surface area contributed by atoms with Crippen LogP contribution in [0.5, 0.6) is 0 Å². The van der Waals surface area contributed by atoms with Crippen LogP contribution < -0.4 is 5.32 Å². The molecule has 19 heavy (non-hydrogen) atoms. The molecule has 2 nitrogen and oxygen atoms in total. The first kappa shape index (κ1) is 16.7. The number of rotatable bonds is 8. The van der Waals surface area contributed by atoms with Crippen molar-refractivity contribution in [1.82, 2.24) is 10.2 Å². The summed E-state index contributed by atoms with van der Waals surface area (Å²) in [5, 5.41) is 5.78. The van der Waals surface area contributed by atoms with E-state index >= 15 is 0 Å². The van der Waals surface area contributed by atoms with Crippen molar-refractivity contribution >= 4 is 11.3 Å². The Balaban J connectivity index is 2.59.